The highest BCUT2D eigenvalue weighted by molar-refractivity contribution is 5.96. The van der Waals surface area contributed by atoms with Gasteiger partial charge in [-0.15, -0.1) is 0 Å². The molecule has 3 rings (SSSR count). The number of carbonyl (C=O) groups is 1. The van der Waals surface area contributed by atoms with Crippen LogP contribution < -0.4 is 19.5 Å². The standard InChI is InChI=1S/C20H23NO4/c1-23-17-7-5-4-6-15(17)20(22)21-12-14-9-8-13-10-18(24-2)19(25-3)11-16(13)14/h4-7,10-11,14H,8-9,12H2,1-3H3,(H,21,22). The largest absolute Gasteiger partial charge is 0.496 e. The van der Waals surface area contributed by atoms with Crippen LogP contribution >= 0.6 is 0 Å². The summed E-state index contributed by atoms with van der Waals surface area (Å²) in [5.74, 6) is 2.21. The van der Waals surface area contributed by atoms with E-state index in [4.69, 9.17) is 14.2 Å². The van der Waals surface area contributed by atoms with Gasteiger partial charge in [0.1, 0.15) is 5.75 Å². The minimum absolute atomic E-state index is 0.119. The molecule has 1 aliphatic carbocycles. The molecule has 25 heavy (non-hydrogen) atoms. The predicted molar refractivity (Wildman–Crippen MR) is 95.9 cm³/mol. The molecule has 1 amide bonds. The van der Waals surface area contributed by atoms with Gasteiger partial charge in [0.05, 0.1) is 26.9 Å². The van der Waals surface area contributed by atoms with Gasteiger partial charge in [-0.2, -0.15) is 0 Å². The van der Waals surface area contributed by atoms with Gasteiger partial charge in [-0.1, -0.05) is 12.1 Å². The first-order valence-corrected chi connectivity index (χ1v) is 8.34. The van der Waals surface area contributed by atoms with E-state index in [1.54, 1.807) is 33.5 Å². The third-order valence-corrected chi connectivity index (χ3v) is 4.71. The number of amides is 1. The first-order valence-electron chi connectivity index (χ1n) is 8.34. The van der Waals surface area contributed by atoms with Crippen molar-refractivity contribution in [3.63, 3.8) is 0 Å². The van der Waals surface area contributed by atoms with E-state index in [-0.39, 0.29) is 11.8 Å². The number of fused-ring (bicyclic) bond motifs is 1. The van der Waals surface area contributed by atoms with Crippen molar-refractivity contribution >= 4 is 5.91 Å². The third kappa shape index (κ3) is 3.40. The first kappa shape index (κ1) is 17.1. The molecule has 132 valence electrons. The van der Waals surface area contributed by atoms with Crippen LogP contribution in [-0.2, 0) is 6.42 Å². The van der Waals surface area contributed by atoms with Crippen LogP contribution in [0.5, 0.6) is 17.2 Å². The molecular weight excluding hydrogens is 318 g/mol. The van der Waals surface area contributed by atoms with Gasteiger partial charge in [0.25, 0.3) is 5.91 Å². The molecule has 0 aromatic heterocycles. The lowest BCUT2D eigenvalue weighted by atomic mass is 10.0. The van der Waals surface area contributed by atoms with Gasteiger partial charge in [0, 0.05) is 12.5 Å². The highest BCUT2D eigenvalue weighted by Gasteiger charge is 2.25. The summed E-state index contributed by atoms with van der Waals surface area (Å²) in [6, 6.07) is 11.3. The van der Waals surface area contributed by atoms with E-state index in [1.165, 1.54) is 11.1 Å². The van der Waals surface area contributed by atoms with Gasteiger partial charge in [0.15, 0.2) is 11.5 Å². The van der Waals surface area contributed by atoms with E-state index in [0.29, 0.717) is 17.9 Å². The molecule has 1 unspecified atom stereocenters. The normalized spacial score (nSPS) is 15.4. The van der Waals surface area contributed by atoms with Crippen LogP contribution in [0.3, 0.4) is 0 Å². The molecule has 0 spiro atoms. The van der Waals surface area contributed by atoms with Crippen LogP contribution in [0.4, 0.5) is 0 Å². The molecule has 0 saturated heterocycles. The Hall–Kier alpha value is -2.69. The molecule has 1 atom stereocenters. The molecule has 0 bridgehead atoms. The minimum atomic E-state index is -0.119. The maximum Gasteiger partial charge on any atom is 0.255 e. The smallest absolute Gasteiger partial charge is 0.255 e. The predicted octanol–water partition coefficient (Wildman–Crippen LogP) is 3.17. The Morgan fingerprint density at radius 1 is 1.04 bits per heavy atom. The summed E-state index contributed by atoms with van der Waals surface area (Å²) in [7, 11) is 4.85. The molecule has 1 N–H and O–H groups in total. The quantitative estimate of drug-likeness (QED) is 0.877. The lowest BCUT2D eigenvalue weighted by Gasteiger charge is -2.16. The molecule has 0 aliphatic heterocycles. The number of hydrogen-bond donors (Lipinski definition) is 1. The summed E-state index contributed by atoms with van der Waals surface area (Å²) in [6.45, 7) is 0.583. The molecule has 5 heteroatoms. The van der Waals surface area contributed by atoms with Crippen LogP contribution in [0, 0.1) is 0 Å². The van der Waals surface area contributed by atoms with Crippen molar-refractivity contribution in [1.29, 1.82) is 0 Å². The molecule has 0 heterocycles. The zero-order valence-corrected chi connectivity index (χ0v) is 14.8. The lowest BCUT2D eigenvalue weighted by molar-refractivity contribution is 0.0948. The van der Waals surface area contributed by atoms with Gasteiger partial charge < -0.3 is 19.5 Å². The number of methoxy groups -OCH3 is 3. The summed E-state index contributed by atoms with van der Waals surface area (Å²) in [6.07, 6.45) is 1.97. The molecule has 5 nitrogen and oxygen atoms in total. The number of rotatable bonds is 6. The van der Waals surface area contributed by atoms with E-state index >= 15 is 0 Å². The molecule has 0 radical (unpaired) electrons. The topological polar surface area (TPSA) is 56.8 Å². The van der Waals surface area contributed by atoms with Crippen LogP contribution in [0.2, 0.25) is 0 Å². The fourth-order valence-electron chi connectivity index (χ4n) is 3.37. The second kappa shape index (κ2) is 7.47. The highest BCUT2D eigenvalue weighted by Crippen LogP contribution is 2.40. The monoisotopic (exact) mass is 341 g/mol. The molecule has 0 saturated carbocycles. The van der Waals surface area contributed by atoms with E-state index in [0.717, 1.165) is 24.3 Å². The molecule has 2 aromatic carbocycles. The van der Waals surface area contributed by atoms with Crippen molar-refractivity contribution in [3.8, 4) is 17.2 Å². The summed E-state index contributed by atoms with van der Waals surface area (Å²) < 4.78 is 16.0. The second-order valence-electron chi connectivity index (χ2n) is 6.05. The fraction of sp³-hybridized carbons (Fsp3) is 0.350. The lowest BCUT2D eigenvalue weighted by Crippen LogP contribution is -2.28. The Morgan fingerprint density at radius 3 is 2.44 bits per heavy atom. The maximum absolute atomic E-state index is 12.5. The fourth-order valence-corrected chi connectivity index (χ4v) is 3.37. The maximum atomic E-state index is 12.5. The van der Waals surface area contributed by atoms with E-state index < -0.39 is 0 Å². The van der Waals surface area contributed by atoms with Gasteiger partial charge in [0.2, 0.25) is 0 Å². The van der Waals surface area contributed by atoms with Crippen molar-refractivity contribution < 1.29 is 19.0 Å². The van der Waals surface area contributed by atoms with Crippen LogP contribution in [0.15, 0.2) is 36.4 Å². The average Bonchev–Trinajstić information content (AvgIpc) is 3.06. The summed E-state index contributed by atoms with van der Waals surface area (Å²) in [5.41, 5.74) is 3.03. The van der Waals surface area contributed by atoms with Crippen molar-refractivity contribution in [2.45, 2.75) is 18.8 Å². The number of ether oxygens (including phenoxy) is 3. The van der Waals surface area contributed by atoms with Gasteiger partial charge in [-0.3, -0.25) is 4.79 Å². The molecular formula is C20H23NO4. The van der Waals surface area contributed by atoms with Gasteiger partial charge in [-0.05, 0) is 48.2 Å². The van der Waals surface area contributed by atoms with E-state index in [1.807, 2.05) is 24.3 Å². The Bertz CT molecular complexity index is 772. The van der Waals surface area contributed by atoms with Crippen LogP contribution in [0.1, 0.15) is 33.8 Å². The number of carbonyl (C=O) groups excluding carboxylic acids is 1. The van der Waals surface area contributed by atoms with Crippen molar-refractivity contribution in [2.24, 2.45) is 0 Å². The number of aryl methyl sites for hydroxylation is 1. The average molecular weight is 341 g/mol. The van der Waals surface area contributed by atoms with Gasteiger partial charge >= 0.3 is 0 Å². The van der Waals surface area contributed by atoms with Crippen molar-refractivity contribution in [2.75, 3.05) is 27.9 Å². The molecule has 0 fully saturated rings. The Labute approximate surface area is 147 Å². The molecule has 1 aliphatic rings. The second-order valence-corrected chi connectivity index (χ2v) is 6.05. The zero-order valence-electron chi connectivity index (χ0n) is 14.8. The van der Waals surface area contributed by atoms with Gasteiger partial charge in [-0.25, -0.2) is 0 Å². The van der Waals surface area contributed by atoms with Crippen LogP contribution in [-0.4, -0.2) is 33.8 Å². The summed E-state index contributed by atoms with van der Waals surface area (Å²) >= 11 is 0. The number of benzene rings is 2. The van der Waals surface area contributed by atoms with Crippen molar-refractivity contribution in [3.05, 3.63) is 53.1 Å². The molecule has 2 aromatic rings. The van der Waals surface area contributed by atoms with E-state index in [9.17, 15) is 4.79 Å². The first-order chi connectivity index (χ1) is 12.2. The SMILES string of the molecule is COc1cc2c(cc1OC)C(CNC(=O)c1ccccc1OC)CC2. The Morgan fingerprint density at radius 2 is 1.72 bits per heavy atom. The number of hydrogen-bond acceptors (Lipinski definition) is 4. The summed E-state index contributed by atoms with van der Waals surface area (Å²) in [5, 5.41) is 3.03. The minimum Gasteiger partial charge on any atom is -0.496 e. The zero-order chi connectivity index (χ0) is 17.8. The number of para-hydroxylation sites is 1. The Balaban J connectivity index is 1.73. The number of nitrogens with one attached hydrogen (secondary N) is 1. The highest BCUT2D eigenvalue weighted by atomic mass is 16.5. The third-order valence-electron chi connectivity index (χ3n) is 4.71. The van der Waals surface area contributed by atoms with E-state index in [2.05, 4.69) is 5.32 Å². The van der Waals surface area contributed by atoms with Crippen LogP contribution in [0.25, 0.3) is 0 Å². The summed E-state index contributed by atoms with van der Waals surface area (Å²) in [4.78, 5) is 12.5. The Kier molecular flexibility index (Phi) is 5.12. The van der Waals surface area contributed by atoms with Crippen molar-refractivity contribution in [1.82, 2.24) is 5.32 Å².